The minimum atomic E-state index is 0.0691. The van der Waals surface area contributed by atoms with Gasteiger partial charge >= 0.3 is 0 Å². The van der Waals surface area contributed by atoms with Crippen molar-refractivity contribution in [3.05, 3.63) is 29.8 Å². The van der Waals surface area contributed by atoms with Crippen molar-refractivity contribution in [1.82, 2.24) is 15.1 Å². The molecule has 0 spiro atoms. The molecular formula is C22H33N3O3. The lowest BCUT2D eigenvalue weighted by atomic mass is 9.79. The summed E-state index contributed by atoms with van der Waals surface area (Å²) in [5, 5.41) is 3.65. The van der Waals surface area contributed by atoms with Crippen molar-refractivity contribution in [3.63, 3.8) is 0 Å². The number of fused-ring (bicyclic) bond motifs is 2. The highest BCUT2D eigenvalue weighted by atomic mass is 16.5. The van der Waals surface area contributed by atoms with Gasteiger partial charge in [-0.15, -0.1) is 0 Å². The van der Waals surface area contributed by atoms with E-state index in [0.29, 0.717) is 24.3 Å². The molecular weight excluding hydrogens is 354 g/mol. The predicted molar refractivity (Wildman–Crippen MR) is 109 cm³/mol. The number of nitrogens with one attached hydrogen (secondary N) is 1. The lowest BCUT2D eigenvalue weighted by Gasteiger charge is -2.46. The maximum atomic E-state index is 12.7. The maximum absolute atomic E-state index is 12.7. The predicted octanol–water partition coefficient (Wildman–Crippen LogP) is 2.07. The van der Waals surface area contributed by atoms with Gasteiger partial charge in [-0.3, -0.25) is 9.59 Å². The van der Waals surface area contributed by atoms with Gasteiger partial charge in [-0.1, -0.05) is 12.1 Å². The first-order chi connectivity index (χ1) is 13.4. The number of carbonyl (C=O) groups excluding carboxylic acids is 2. The molecule has 0 aromatic heterocycles. The molecule has 154 valence electrons. The fourth-order valence-corrected chi connectivity index (χ4v) is 4.35. The molecule has 2 unspecified atom stereocenters. The Balaban J connectivity index is 1.48. The summed E-state index contributed by atoms with van der Waals surface area (Å²) in [6, 6.07) is 8.18. The van der Waals surface area contributed by atoms with Gasteiger partial charge < -0.3 is 19.9 Å². The van der Waals surface area contributed by atoms with Gasteiger partial charge in [0.1, 0.15) is 5.75 Å². The second-order valence-corrected chi connectivity index (χ2v) is 8.46. The van der Waals surface area contributed by atoms with Crippen molar-refractivity contribution in [3.8, 4) is 5.75 Å². The third kappa shape index (κ3) is 5.47. The number of nitrogens with zero attached hydrogens (tertiary/aromatic N) is 2. The number of hydrogen-bond donors (Lipinski definition) is 1. The van der Waals surface area contributed by atoms with Gasteiger partial charge in [0.25, 0.3) is 5.91 Å². The second kappa shape index (κ2) is 9.41. The van der Waals surface area contributed by atoms with Crippen LogP contribution in [0.15, 0.2) is 24.3 Å². The molecule has 2 heterocycles. The summed E-state index contributed by atoms with van der Waals surface area (Å²) < 4.78 is 5.72. The van der Waals surface area contributed by atoms with Gasteiger partial charge in [-0.05, 0) is 62.3 Å². The molecule has 28 heavy (non-hydrogen) atoms. The van der Waals surface area contributed by atoms with Crippen LogP contribution < -0.4 is 10.1 Å². The smallest absolute Gasteiger partial charge is 0.260 e. The van der Waals surface area contributed by atoms with Crippen molar-refractivity contribution in [2.75, 3.05) is 40.3 Å². The van der Waals surface area contributed by atoms with Gasteiger partial charge in [0, 0.05) is 39.6 Å². The number of likely N-dealkylation sites (tertiary alicyclic amines) is 1. The average molecular weight is 388 g/mol. The first-order valence-electron chi connectivity index (χ1n) is 10.3. The Labute approximate surface area is 168 Å². The lowest BCUT2D eigenvalue weighted by Crippen LogP contribution is -2.57. The van der Waals surface area contributed by atoms with Crippen LogP contribution >= 0.6 is 0 Å². The number of benzene rings is 1. The zero-order valence-electron chi connectivity index (χ0n) is 17.3. The molecule has 6 heteroatoms. The minimum absolute atomic E-state index is 0.0691. The fraction of sp³-hybridized carbons (Fsp3) is 0.636. The van der Waals surface area contributed by atoms with Crippen LogP contribution in [0.25, 0.3) is 0 Å². The monoisotopic (exact) mass is 387 g/mol. The summed E-state index contributed by atoms with van der Waals surface area (Å²) in [6.45, 7) is 4.65. The molecule has 6 nitrogen and oxygen atoms in total. The van der Waals surface area contributed by atoms with E-state index in [2.05, 4.69) is 5.32 Å². The second-order valence-electron chi connectivity index (χ2n) is 8.46. The van der Waals surface area contributed by atoms with Gasteiger partial charge in [0.2, 0.25) is 5.91 Å². The summed E-state index contributed by atoms with van der Waals surface area (Å²) in [6.07, 6.45) is 3.63. The van der Waals surface area contributed by atoms with E-state index in [0.717, 1.165) is 43.8 Å². The molecule has 0 saturated carbocycles. The van der Waals surface area contributed by atoms with Crippen molar-refractivity contribution < 1.29 is 14.3 Å². The van der Waals surface area contributed by atoms with E-state index in [4.69, 9.17) is 4.74 Å². The number of ether oxygens (including phenoxy) is 1. The molecule has 1 aromatic rings. The Morgan fingerprint density at radius 1 is 1.29 bits per heavy atom. The van der Waals surface area contributed by atoms with Crippen LogP contribution in [0.4, 0.5) is 0 Å². The molecule has 2 aliphatic heterocycles. The largest absolute Gasteiger partial charge is 0.484 e. The highest BCUT2D eigenvalue weighted by molar-refractivity contribution is 5.78. The fourth-order valence-electron chi connectivity index (χ4n) is 4.35. The first kappa shape index (κ1) is 20.6. The van der Waals surface area contributed by atoms with Crippen LogP contribution in [-0.2, 0) is 9.59 Å². The third-order valence-corrected chi connectivity index (χ3v) is 5.92. The van der Waals surface area contributed by atoms with E-state index < -0.39 is 0 Å². The zero-order chi connectivity index (χ0) is 20.1. The van der Waals surface area contributed by atoms with Crippen LogP contribution in [0.3, 0.4) is 0 Å². The molecule has 2 bridgehead atoms. The van der Waals surface area contributed by atoms with E-state index in [-0.39, 0.29) is 18.4 Å². The summed E-state index contributed by atoms with van der Waals surface area (Å²) in [5.41, 5.74) is 1.12. The number of hydrogen-bond acceptors (Lipinski definition) is 4. The third-order valence-electron chi connectivity index (χ3n) is 5.92. The zero-order valence-corrected chi connectivity index (χ0v) is 17.3. The van der Waals surface area contributed by atoms with Crippen molar-refractivity contribution in [2.45, 2.75) is 38.6 Å². The van der Waals surface area contributed by atoms with E-state index in [1.54, 1.807) is 19.0 Å². The summed E-state index contributed by atoms with van der Waals surface area (Å²) in [4.78, 5) is 28.1. The molecule has 1 aromatic carbocycles. The van der Waals surface area contributed by atoms with Gasteiger partial charge in [0.15, 0.2) is 6.61 Å². The van der Waals surface area contributed by atoms with Crippen LogP contribution in [-0.4, -0.2) is 68.0 Å². The molecule has 3 rings (SSSR count). The summed E-state index contributed by atoms with van der Waals surface area (Å²) in [5.74, 6) is 1.98. The molecule has 2 aliphatic rings. The van der Waals surface area contributed by atoms with E-state index in [1.807, 2.05) is 36.1 Å². The molecule has 3 atom stereocenters. The summed E-state index contributed by atoms with van der Waals surface area (Å²) in [7, 11) is 3.60. The Morgan fingerprint density at radius 2 is 2.11 bits per heavy atom. The standard InChI is InChI=1S/C22H33N3O3/c1-16-6-4-7-19(10-16)28-15-22(27)25-13-17-11-18(14-25)20(23-12-17)8-5-9-21(26)24(2)3/h4,6-7,10,17-18,20,23H,5,8-9,11-15H2,1-3H3/t17?,18?,20-/m1/s1. The summed E-state index contributed by atoms with van der Waals surface area (Å²) >= 11 is 0. The molecule has 2 fully saturated rings. The minimum Gasteiger partial charge on any atom is -0.484 e. The first-order valence-corrected chi connectivity index (χ1v) is 10.3. The topological polar surface area (TPSA) is 61.9 Å². The Hall–Kier alpha value is -2.08. The van der Waals surface area contributed by atoms with Crippen molar-refractivity contribution in [1.29, 1.82) is 0 Å². The number of carbonyl (C=O) groups is 2. The molecule has 2 amide bonds. The molecule has 1 N–H and O–H groups in total. The highest BCUT2D eigenvalue weighted by Gasteiger charge is 2.37. The molecule has 0 aliphatic carbocycles. The van der Waals surface area contributed by atoms with Crippen LogP contribution in [0, 0.1) is 18.8 Å². The molecule has 2 saturated heterocycles. The van der Waals surface area contributed by atoms with Gasteiger partial charge in [-0.2, -0.15) is 0 Å². The number of piperidine rings is 2. The van der Waals surface area contributed by atoms with E-state index in [9.17, 15) is 9.59 Å². The van der Waals surface area contributed by atoms with Crippen LogP contribution in [0.1, 0.15) is 31.2 Å². The number of amides is 2. The number of rotatable bonds is 7. The van der Waals surface area contributed by atoms with E-state index in [1.165, 1.54) is 6.42 Å². The normalized spacial score (nSPS) is 24.0. The highest BCUT2D eigenvalue weighted by Crippen LogP contribution is 2.30. The van der Waals surface area contributed by atoms with Crippen molar-refractivity contribution in [2.24, 2.45) is 11.8 Å². The van der Waals surface area contributed by atoms with Gasteiger partial charge in [-0.25, -0.2) is 0 Å². The Morgan fingerprint density at radius 3 is 2.86 bits per heavy atom. The maximum Gasteiger partial charge on any atom is 0.260 e. The Bertz CT molecular complexity index is 691. The van der Waals surface area contributed by atoms with Gasteiger partial charge in [0.05, 0.1) is 0 Å². The molecule has 0 radical (unpaired) electrons. The SMILES string of the molecule is Cc1cccc(OCC(=O)N2CC3CN[C@H](CCCC(=O)N(C)C)C(C3)C2)c1. The Kier molecular flexibility index (Phi) is 6.94. The van der Waals surface area contributed by atoms with Crippen LogP contribution in [0.5, 0.6) is 5.75 Å². The van der Waals surface area contributed by atoms with Crippen molar-refractivity contribution >= 4 is 11.8 Å². The van der Waals surface area contributed by atoms with Crippen LogP contribution in [0.2, 0.25) is 0 Å². The number of aryl methyl sites for hydroxylation is 1. The average Bonchev–Trinajstić information content (AvgIpc) is 2.67. The quantitative estimate of drug-likeness (QED) is 0.778. The van der Waals surface area contributed by atoms with E-state index >= 15 is 0 Å². The lowest BCUT2D eigenvalue weighted by molar-refractivity contribution is -0.137.